The molecular formula is C26H28N4O4S. The lowest BCUT2D eigenvalue weighted by Gasteiger charge is -2.15. The lowest BCUT2D eigenvalue weighted by Crippen LogP contribution is -2.33. The van der Waals surface area contributed by atoms with E-state index in [1.54, 1.807) is 0 Å². The average molecular weight is 493 g/mol. The second-order valence-corrected chi connectivity index (χ2v) is 10.1. The van der Waals surface area contributed by atoms with Crippen LogP contribution in [-0.4, -0.2) is 40.9 Å². The number of anilines is 1. The second-order valence-electron chi connectivity index (χ2n) is 9.02. The number of hydrogen-bond acceptors (Lipinski definition) is 6. The third kappa shape index (κ3) is 5.06. The van der Waals surface area contributed by atoms with Gasteiger partial charge in [-0.15, -0.1) is 11.3 Å². The molecule has 3 heterocycles. The van der Waals surface area contributed by atoms with Crippen LogP contribution in [0.1, 0.15) is 62.5 Å². The molecule has 1 aliphatic carbocycles. The maximum absolute atomic E-state index is 13.2. The van der Waals surface area contributed by atoms with Gasteiger partial charge in [-0.25, -0.2) is 4.68 Å². The van der Waals surface area contributed by atoms with E-state index in [9.17, 15) is 14.4 Å². The molecule has 0 spiro atoms. The van der Waals surface area contributed by atoms with Gasteiger partial charge in [0, 0.05) is 30.3 Å². The Morgan fingerprint density at radius 3 is 2.69 bits per heavy atom. The molecule has 1 atom stereocenters. The van der Waals surface area contributed by atoms with Gasteiger partial charge in [0.2, 0.25) is 5.43 Å². The third-order valence-corrected chi connectivity index (χ3v) is 7.67. The van der Waals surface area contributed by atoms with Crippen LogP contribution in [0.5, 0.6) is 0 Å². The molecule has 2 N–H and O–H groups in total. The molecule has 2 aromatic heterocycles. The molecule has 8 nitrogen and oxygen atoms in total. The number of hydrogen-bond donors (Lipinski definition) is 2. The largest absolute Gasteiger partial charge is 0.376 e. The van der Waals surface area contributed by atoms with E-state index >= 15 is 0 Å². The molecule has 2 aliphatic rings. The van der Waals surface area contributed by atoms with E-state index < -0.39 is 11.3 Å². The van der Waals surface area contributed by atoms with Crippen molar-refractivity contribution in [1.82, 2.24) is 15.1 Å². The van der Waals surface area contributed by atoms with E-state index in [4.69, 9.17) is 4.74 Å². The number of carbonyl (C=O) groups is 2. The minimum atomic E-state index is -0.622. The van der Waals surface area contributed by atoms with Gasteiger partial charge in [-0.2, -0.15) is 5.10 Å². The van der Waals surface area contributed by atoms with Crippen LogP contribution >= 0.6 is 11.3 Å². The number of rotatable bonds is 6. The van der Waals surface area contributed by atoms with Crippen molar-refractivity contribution < 1.29 is 14.3 Å². The Morgan fingerprint density at radius 2 is 1.91 bits per heavy atom. The first-order valence-electron chi connectivity index (χ1n) is 12.0. The highest BCUT2D eigenvalue weighted by molar-refractivity contribution is 7.17. The smallest absolute Gasteiger partial charge is 0.280 e. The SMILES string of the molecule is Cc1ccc(-n2ccc(=O)c(C(=O)Nc3sc4c(c3C(=O)NC[C@@H]3CCCO3)CCCC4)n2)cc1. The third-order valence-electron chi connectivity index (χ3n) is 6.46. The number of aryl methyl sites for hydroxylation is 2. The van der Waals surface area contributed by atoms with Crippen molar-refractivity contribution in [2.24, 2.45) is 0 Å². The maximum atomic E-state index is 13.2. The number of ether oxygens (including phenoxy) is 1. The Hall–Kier alpha value is -3.30. The van der Waals surface area contributed by atoms with Gasteiger partial charge in [-0.3, -0.25) is 14.4 Å². The Bertz CT molecular complexity index is 1310. The van der Waals surface area contributed by atoms with E-state index in [1.165, 1.54) is 28.3 Å². The minimum Gasteiger partial charge on any atom is -0.376 e. The van der Waals surface area contributed by atoms with Gasteiger partial charge in [0.25, 0.3) is 11.8 Å². The normalized spacial score (nSPS) is 17.1. The van der Waals surface area contributed by atoms with Crippen LogP contribution in [0, 0.1) is 6.92 Å². The lowest BCUT2D eigenvalue weighted by molar-refractivity contribution is 0.0858. The zero-order chi connectivity index (χ0) is 24.4. The van der Waals surface area contributed by atoms with Crippen LogP contribution in [0.3, 0.4) is 0 Å². The number of carbonyl (C=O) groups excluding carboxylic acids is 2. The van der Waals surface area contributed by atoms with Crippen LogP contribution in [0.15, 0.2) is 41.3 Å². The van der Waals surface area contributed by atoms with Gasteiger partial charge < -0.3 is 15.4 Å². The molecule has 1 aromatic carbocycles. The summed E-state index contributed by atoms with van der Waals surface area (Å²) in [7, 11) is 0. The average Bonchev–Trinajstić information content (AvgIpc) is 3.51. The number of amides is 2. The van der Waals surface area contributed by atoms with Crippen molar-refractivity contribution in [2.75, 3.05) is 18.5 Å². The van der Waals surface area contributed by atoms with Crippen LogP contribution < -0.4 is 16.1 Å². The van der Waals surface area contributed by atoms with Crippen molar-refractivity contribution in [2.45, 2.75) is 51.6 Å². The summed E-state index contributed by atoms with van der Waals surface area (Å²) in [6.07, 6.45) is 7.24. The molecule has 1 fully saturated rings. The highest BCUT2D eigenvalue weighted by Gasteiger charge is 2.28. The number of nitrogens with one attached hydrogen (secondary N) is 2. The predicted octanol–water partition coefficient (Wildman–Crippen LogP) is 3.64. The molecule has 2 amide bonds. The number of nitrogens with zero attached hydrogens (tertiary/aromatic N) is 2. The molecule has 0 bridgehead atoms. The summed E-state index contributed by atoms with van der Waals surface area (Å²) in [6, 6.07) is 8.95. The van der Waals surface area contributed by atoms with Gasteiger partial charge >= 0.3 is 0 Å². The molecule has 5 rings (SSSR count). The van der Waals surface area contributed by atoms with E-state index in [0.29, 0.717) is 17.1 Å². The highest BCUT2D eigenvalue weighted by Crippen LogP contribution is 2.38. The quantitative estimate of drug-likeness (QED) is 0.547. The Labute approximate surface area is 207 Å². The van der Waals surface area contributed by atoms with E-state index in [2.05, 4.69) is 15.7 Å². The molecule has 0 radical (unpaired) electrons. The van der Waals surface area contributed by atoms with Crippen molar-refractivity contribution in [3.05, 3.63) is 74.0 Å². The molecule has 3 aromatic rings. The lowest BCUT2D eigenvalue weighted by atomic mass is 9.95. The fraction of sp³-hybridized carbons (Fsp3) is 0.385. The van der Waals surface area contributed by atoms with Gasteiger partial charge in [0.15, 0.2) is 5.69 Å². The van der Waals surface area contributed by atoms with Crippen LogP contribution in [0.25, 0.3) is 5.69 Å². The minimum absolute atomic E-state index is 0.0280. The van der Waals surface area contributed by atoms with E-state index in [0.717, 1.165) is 66.8 Å². The van der Waals surface area contributed by atoms with Gasteiger partial charge in [-0.05, 0) is 63.1 Å². The van der Waals surface area contributed by atoms with Crippen LogP contribution in [-0.2, 0) is 17.6 Å². The Morgan fingerprint density at radius 1 is 1.11 bits per heavy atom. The standard InChI is InChI=1S/C26H28N4O4S/c1-16-8-10-17(11-9-16)30-13-12-20(31)23(29-30)25(33)28-26-22(19-6-2-3-7-21(19)35-26)24(32)27-15-18-5-4-14-34-18/h8-13,18H,2-7,14-15H2,1H3,(H,27,32)(H,28,33)/t18-/m0/s1. The molecule has 1 aliphatic heterocycles. The molecule has 9 heteroatoms. The van der Waals surface area contributed by atoms with E-state index in [-0.39, 0.29) is 17.7 Å². The highest BCUT2D eigenvalue weighted by atomic mass is 32.1. The summed E-state index contributed by atoms with van der Waals surface area (Å²) in [6.45, 7) is 3.15. The fourth-order valence-corrected chi connectivity index (χ4v) is 5.84. The first-order valence-corrected chi connectivity index (χ1v) is 12.8. The maximum Gasteiger partial charge on any atom is 0.280 e. The van der Waals surface area contributed by atoms with Gasteiger partial charge in [-0.1, -0.05) is 17.7 Å². The van der Waals surface area contributed by atoms with Gasteiger partial charge in [0.1, 0.15) is 5.00 Å². The molecule has 1 saturated heterocycles. The number of fused-ring (bicyclic) bond motifs is 1. The topological polar surface area (TPSA) is 102 Å². The first-order chi connectivity index (χ1) is 17.0. The molecule has 182 valence electrons. The first kappa shape index (κ1) is 23.4. The monoisotopic (exact) mass is 492 g/mol. The van der Waals surface area contributed by atoms with Gasteiger partial charge in [0.05, 0.1) is 17.4 Å². The molecular weight excluding hydrogens is 464 g/mol. The number of thiophene rings is 1. The van der Waals surface area contributed by atoms with Crippen LogP contribution in [0.4, 0.5) is 5.00 Å². The van der Waals surface area contributed by atoms with Crippen molar-refractivity contribution >= 4 is 28.2 Å². The zero-order valence-electron chi connectivity index (χ0n) is 19.6. The van der Waals surface area contributed by atoms with Crippen LogP contribution in [0.2, 0.25) is 0 Å². The molecule has 0 saturated carbocycles. The fourth-order valence-electron chi connectivity index (χ4n) is 4.56. The van der Waals surface area contributed by atoms with Crippen molar-refractivity contribution in [3.8, 4) is 5.69 Å². The van der Waals surface area contributed by atoms with E-state index in [1.807, 2.05) is 31.2 Å². The Balaban J connectivity index is 1.41. The summed E-state index contributed by atoms with van der Waals surface area (Å²) in [5.74, 6) is -0.837. The summed E-state index contributed by atoms with van der Waals surface area (Å²) >= 11 is 1.42. The summed E-state index contributed by atoms with van der Waals surface area (Å²) in [5, 5.41) is 10.6. The second kappa shape index (κ2) is 10.1. The Kier molecular flexibility index (Phi) is 6.79. The summed E-state index contributed by atoms with van der Waals surface area (Å²) in [5.41, 5.74) is 2.65. The predicted molar refractivity (Wildman–Crippen MR) is 135 cm³/mol. The van der Waals surface area contributed by atoms with Crippen molar-refractivity contribution in [1.29, 1.82) is 0 Å². The van der Waals surface area contributed by atoms with Crippen molar-refractivity contribution in [3.63, 3.8) is 0 Å². The summed E-state index contributed by atoms with van der Waals surface area (Å²) < 4.78 is 7.13. The zero-order valence-corrected chi connectivity index (χ0v) is 20.5. The number of benzene rings is 1. The summed E-state index contributed by atoms with van der Waals surface area (Å²) in [4.78, 5) is 40.1. The number of aromatic nitrogens is 2. The molecule has 0 unspecified atom stereocenters. The molecule has 35 heavy (non-hydrogen) atoms.